The number of benzene rings is 1. The summed E-state index contributed by atoms with van der Waals surface area (Å²) in [5.74, 6) is 0.600. The van der Waals surface area contributed by atoms with Gasteiger partial charge in [-0.3, -0.25) is 22.5 Å². The van der Waals surface area contributed by atoms with Crippen LogP contribution in [0.2, 0.25) is 0 Å². The maximum absolute atomic E-state index is 12.5. The third-order valence-corrected chi connectivity index (χ3v) is 15.1. The lowest BCUT2D eigenvalue weighted by molar-refractivity contribution is -0.193. The van der Waals surface area contributed by atoms with Gasteiger partial charge in [0, 0.05) is 110 Å². The van der Waals surface area contributed by atoms with Crippen LogP contribution in [0.15, 0.2) is 41.2 Å². The van der Waals surface area contributed by atoms with Gasteiger partial charge in [0.1, 0.15) is 45.5 Å². The number of carbonyl (C=O) groups is 7. The third-order valence-electron chi connectivity index (χ3n) is 14.2. The summed E-state index contributed by atoms with van der Waals surface area (Å²) in [6, 6.07) is 8.19. The largest absolute Gasteiger partial charge is 0.762 e. The lowest BCUT2D eigenvalue weighted by Crippen LogP contribution is -2.41. The number of amides is 4. The number of nitrogens with zero attached hydrogens (tertiary/aromatic N) is 6. The highest BCUT2D eigenvalue weighted by Gasteiger charge is 2.49. The molecule has 3 saturated heterocycles. The van der Waals surface area contributed by atoms with Gasteiger partial charge in [-0.25, -0.2) is 24.0 Å². The molecule has 30 nitrogen and oxygen atoms in total. The predicted octanol–water partition coefficient (Wildman–Crippen LogP) is 14.1. The van der Waals surface area contributed by atoms with Crippen LogP contribution in [0, 0.1) is 5.92 Å². The number of hydrogen-bond acceptors (Lipinski definition) is 24. The number of halogens is 6. The average molecular weight is 1620 g/mol. The van der Waals surface area contributed by atoms with E-state index < -0.39 is 57.6 Å². The van der Waals surface area contributed by atoms with Gasteiger partial charge in [0.05, 0.1) is 13.7 Å². The van der Waals surface area contributed by atoms with E-state index >= 15 is 0 Å². The minimum Gasteiger partial charge on any atom is -0.497 e. The van der Waals surface area contributed by atoms with Gasteiger partial charge in [0.25, 0.3) is 0 Å². The molecule has 0 saturated carbocycles. The quantitative estimate of drug-likeness (QED) is 0.0228. The fourth-order valence-electron chi connectivity index (χ4n) is 9.27. The number of esters is 1. The maximum Gasteiger partial charge on any atom is 0.762 e. The van der Waals surface area contributed by atoms with Gasteiger partial charge < -0.3 is 67.2 Å². The summed E-state index contributed by atoms with van der Waals surface area (Å²) in [5.41, 5.74) is 4.58. The summed E-state index contributed by atoms with van der Waals surface area (Å²) in [6.45, 7) is 41.1. The monoisotopic (exact) mass is 1620 g/mol. The number of ether oxygens (including phenoxy) is 8. The molecule has 0 aromatic heterocycles. The fourth-order valence-corrected chi connectivity index (χ4v) is 9.84. The van der Waals surface area contributed by atoms with Crippen molar-refractivity contribution in [3.63, 3.8) is 0 Å². The zero-order valence-corrected chi connectivity index (χ0v) is 67.9. The van der Waals surface area contributed by atoms with Crippen LogP contribution in [0.25, 0.3) is 11.1 Å². The Balaban J connectivity index is -0.000000295. The molecule has 1 unspecified atom stereocenters. The molecule has 1 aromatic carbocycles. The zero-order valence-electron chi connectivity index (χ0n) is 67.1. The minimum atomic E-state index is -5.72. The molecule has 5 heterocycles. The number of carbonyl (C=O) groups excluding carboxylic acids is 13. The summed E-state index contributed by atoms with van der Waals surface area (Å²) in [6.07, 6.45) is 8.74. The summed E-state index contributed by atoms with van der Waals surface area (Å²) in [5, 5.41) is 0. The van der Waals surface area contributed by atoms with Crippen molar-refractivity contribution in [1.82, 2.24) is 19.6 Å². The second-order valence-corrected chi connectivity index (χ2v) is 28.7. The standard InChI is InChI=1S/C20H29NO3.C14H22F3NO5S.C13H23NO3.C10H17NO3.C4H6N2O2.C4H8O.C4H10O.3CO2.CH4.BF3/c1-6-15-11-13-21(19(22)24-20(2,3)4)14-12-18(15)16-7-9-17(23-5)10-8-16;1-5-10-6-8-18(12(19)22-13(2,3)4)9-7-11(10)23-24(20,21)14(15,16)17;1-5-10-6-8-14(9-7-11(10)15)12(16)17-13(2,3)4;1-10(2,3)14-9(13)11-6-4-8(12)5-7-11;1-2-8-4(7)3-6-5;1-2-4-5-3-1;1-3-5-4-2;3*2-1-3;;2-1(3)4/h7-10H,6,11-14H2,1-5H3;5-9H2,1-4H3;10H,5-9H2,1-4H3;4-7H2,1-3H3;3H,2H2,1H3;1-4H2;3-4H2,1-2H3;;;;1H4;. The first-order valence-corrected chi connectivity index (χ1v) is 36.9. The third kappa shape index (κ3) is 60.6. The molecule has 0 N–H and O–H groups in total. The summed E-state index contributed by atoms with van der Waals surface area (Å²) < 4.78 is 134. The molecule has 1 atom stereocenters. The number of piperidine rings is 1. The van der Waals surface area contributed by atoms with Crippen molar-refractivity contribution < 1.29 is 144 Å². The molecular formula is C73H119BF6N6O24S. The van der Waals surface area contributed by atoms with Gasteiger partial charge in [-0.2, -0.15) is 55.1 Å². The molecule has 0 spiro atoms. The van der Waals surface area contributed by atoms with Crippen LogP contribution in [0.5, 0.6) is 5.75 Å². The van der Waals surface area contributed by atoms with Crippen LogP contribution in [0.3, 0.4) is 0 Å². The minimum absolute atomic E-state index is 0. The van der Waals surface area contributed by atoms with Gasteiger partial charge in [-0.1, -0.05) is 45.9 Å². The first-order chi connectivity index (χ1) is 51.0. The number of hydrogen-bond donors (Lipinski definition) is 0. The van der Waals surface area contributed by atoms with Crippen LogP contribution >= 0.6 is 0 Å². The number of alkyl halides is 3. The van der Waals surface area contributed by atoms with E-state index in [1.165, 1.54) is 34.5 Å². The normalized spacial score (nSPS) is 15.4. The molecule has 6 rings (SSSR count). The van der Waals surface area contributed by atoms with Crippen LogP contribution in [-0.4, -0.2) is 227 Å². The maximum atomic E-state index is 12.5. The molecule has 1 aromatic rings. The van der Waals surface area contributed by atoms with Gasteiger partial charge in [0.15, 0.2) is 0 Å². The summed E-state index contributed by atoms with van der Waals surface area (Å²) in [7, 11) is -7.71. The van der Waals surface area contributed by atoms with E-state index in [1.54, 1.807) is 51.5 Å². The van der Waals surface area contributed by atoms with E-state index in [2.05, 4.69) is 32.8 Å². The van der Waals surface area contributed by atoms with Crippen molar-refractivity contribution in [2.24, 2.45) is 5.92 Å². The Morgan fingerprint density at radius 2 is 0.919 bits per heavy atom. The van der Waals surface area contributed by atoms with Crippen LogP contribution in [-0.2, 0) is 90.6 Å². The van der Waals surface area contributed by atoms with E-state index in [0.717, 1.165) is 70.8 Å². The number of likely N-dealkylation sites (tertiary alicyclic amines) is 2. The topological polar surface area (TPSA) is 388 Å². The number of ketones is 2. The highest BCUT2D eigenvalue weighted by Crippen LogP contribution is 2.33. The second kappa shape index (κ2) is 61.8. The van der Waals surface area contributed by atoms with E-state index in [4.69, 9.17) is 67.5 Å². The Kier molecular flexibility index (Phi) is 63.0. The SMILES string of the molecule is C.C1CCOC1.CC(C)(C)OC(=O)N1CCC(=O)CC1.CCC1=C(OS(=O)(=O)C(F)(F)F)CCN(C(=O)OC(C)(C)C)CC1.CCC1=C(c2ccc(OC)cc2)CCN(C(=O)OC(C)(C)C)CC1.CCC1CCN(C(=O)OC(C)(C)C)CCC1=O.CCOC(=O)C=[N+]=[N-].CCOCC.FB(F)F.O=C=O.O=C=O.O=C=O. The lowest BCUT2D eigenvalue weighted by Gasteiger charge is -2.29. The van der Waals surface area contributed by atoms with Crippen molar-refractivity contribution in [2.45, 2.75) is 243 Å². The van der Waals surface area contributed by atoms with E-state index in [0.29, 0.717) is 76.8 Å². The van der Waals surface area contributed by atoms with Crippen LogP contribution < -0.4 is 4.74 Å². The average Bonchev–Trinajstić information content (AvgIpc) is 1.80. The molecular weight excluding hydrogens is 1500 g/mol. The summed E-state index contributed by atoms with van der Waals surface area (Å²) >= 11 is 0. The molecule has 636 valence electrons. The number of Topliss-reactive ketones (excluding diaryl/α,β-unsaturated/α-hetero) is 2. The Bertz CT molecular complexity index is 3150. The van der Waals surface area contributed by atoms with Gasteiger partial charge in [-0.15, -0.1) is 0 Å². The van der Waals surface area contributed by atoms with Gasteiger partial charge in [-0.05, 0) is 190 Å². The highest BCUT2D eigenvalue weighted by molar-refractivity contribution is 7.87. The smallest absolute Gasteiger partial charge is 0.497 e. The molecule has 0 bridgehead atoms. The number of rotatable bonds is 11. The van der Waals surface area contributed by atoms with Crippen molar-refractivity contribution in [2.75, 3.05) is 92.5 Å². The van der Waals surface area contributed by atoms with Crippen molar-refractivity contribution >= 4 is 89.8 Å². The first-order valence-electron chi connectivity index (χ1n) is 35.4. The van der Waals surface area contributed by atoms with Gasteiger partial charge in [0.2, 0.25) is 0 Å². The molecule has 5 aliphatic heterocycles. The highest BCUT2D eigenvalue weighted by atomic mass is 32.2. The van der Waals surface area contributed by atoms with Crippen LogP contribution in [0.1, 0.15) is 221 Å². The Morgan fingerprint density at radius 1 is 0.568 bits per heavy atom. The predicted molar refractivity (Wildman–Crippen MR) is 395 cm³/mol. The summed E-state index contributed by atoms with van der Waals surface area (Å²) in [4.78, 5) is 138. The van der Waals surface area contributed by atoms with Crippen molar-refractivity contribution in [3.8, 4) is 5.75 Å². The Morgan fingerprint density at radius 3 is 1.23 bits per heavy atom. The first kappa shape index (κ1) is 113. The molecule has 111 heavy (non-hydrogen) atoms. The van der Waals surface area contributed by atoms with Crippen LogP contribution in [0.4, 0.5) is 45.3 Å². The van der Waals surface area contributed by atoms with E-state index in [-0.39, 0.29) is 93.3 Å². The van der Waals surface area contributed by atoms with Crippen molar-refractivity contribution in [1.29, 1.82) is 0 Å². The Hall–Kier alpha value is -8.78. The van der Waals surface area contributed by atoms with Gasteiger partial charge >= 0.3 is 78.2 Å². The number of methoxy groups -OCH3 is 1. The molecule has 5 aliphatic rings. The molecule has 4 amide bonds. The molecule has 0 radical (unpaired) electrons. The second-order valence-electron chi connectivity index (χ2n) is 27.1. The van der Waals surface area contributed by atoms with E-state index in [1.807, 2.05) is 100 Å². The molecule has 38 heteroatoms. The molecule has 3 fully saturated rings. The lowest BCUT2D eigenvalue weighted by atomic mass is 9.94. The van der Waals surface area contributed by atoms with Crippen molar-refractivity contribution in [3.05, 3.63) is 52.3 Å². The Labute approximate surface area is 650 Å². The molecule has 0 aliphatic carbocycles. The van der Waals surface area contributed by atoms with E-state index in [9.17, 15) is 68.1 Å². The zero-order chi connectivity index (χ0) is 86.1. The fraction of sp³-hybridized carbons (Fsp3) is 0.712.